The van der Waals surface area contributed by atoms with Crippen molar-refractivity contribution in [2.75, 3.05) is 12.8 Å². The molecule has 0 aromatic carbocycles. The van der Waals surface area contributed by atoms with Gasteiger partial charge in [0.1, 0.15) is 0 Å². The summed E-state index contributed by atoms with van der Waals surface area (Å²) in [7, 11) is -3.16. The van der Waals surface area contributed by atoms with Gasteiger partial charge in [-0.25, -0.2) is 8.42 Å². The van der Waals surface area contributed by atoms with Crippen LogP contribution in [-0.4, -0.2) is 26.0 Å². The molecule has 0 spiro atoms. The van der Waals surface area contributed by atoms with E-state index in [9.17, 15) is 8.42 Å². The lowest BCUT2D eigenvalue weighted by molar-refractivity contribution is 0.432. The molecule has 0 bridgehead atoms. The zero-order valence-electron chi connectivity index (χ0n) is 11.4. The SMILES string of the molecule is CCNC(c1sc(C)cc1Br)C(C)(C)S(C)(=O)=O. The van der Waals surface area contributed by atoms with Crippen LogP contribution in [0.25, 0.3) is 0 Å². The summed E-state index contributed by atoms with van der Waals surface area (Å²) in [5.41, 5.74) is 0. The van der Waals surface area contributed by atoms with Gasteiger partial charge in [0.2, 0.25) is 0 Å². The largest absolute Gasteiger partial charge is 0.308 e. The molecule has 3 nitrogen and oxygen atoms in total. The lowest BCUT2D eigenvalue weighted by Gasteiger charge is -2.33. The summed E-state index contributed by atoms with van der Waals surface area (Å²) in [5, 5.41) is 3.30. The molecule has 1 atom stereocenters. The number of sulfone groups is 1. The number of rotatable bonds is 5. The summed E-state index contributed by atoms with van der Waals surface area (Å²) < 4.78 is 24.2. The van der Waals surface area contributed by atoms with Gasteiger partial charge in [-0.1, -0.05) is 6.92 Å². The van der Waals surface area contributed by atoms with Gasteiger partial charge in [-0.2, -0.15) is 0 Å². The predicted molar refractivity (Wildman–Crippen MR) is 82.1 cm³/mol. The third-order valence-electron chi connectivity index (χ3n) is 3.16. The Hall–Kier alpha value is 0.0900. The van der Waals surface area contributed by atoms with Gasteiger partial charge in [-0.3, -0.25) is 0 Å². The van der Waals surface area contributed by atoms with Crippen molar-refractivity contribution in [3.05, 3.63) is 20.3 Å². The average Bonchev–Trinajstić information content (AvgIpc) is 2.52. The van der Waals surface area contributed by atoms with Crippen LogP contribution >= 0.6 is 27.3 Å². The number of halogens is 1. The second-order valence-electron chi connectivity index (χ2n) is 4.94. The predicted octanol–water partition coefficient (Wildman–Crippen LogP) is 3.29. The summed E-state index contributed by atoms with van der Waals surface area (Å²) in [6.45, 7) is 8.29. The van der Waals surface area contributed by atoms with Crippen LogP contribution in [0.3, 0.4) is 0 Å². The van der Waals surface area contributed by atoms with Crippen molar-refractivity contribution in [2.45, 2.75) is 38.5 Å². The number of aryl methyl sites for hydroxylation is 1. The maximum Gasteiger partial charge on any atom is 0.154 e. The van der Waals surface area contributed by atoms with Crippen LogP contribution < -0.4 is 5.32 Å². The van der Waals surface area contributed by atoms with Crippen LogP contribution in [0.4, 0.5) is 0 Å². The van der Waals surface area contributed by atoms with Crippen molar-refractivity contribution < 1.29 is 8.42 Å². The standard InChI is InChI=1S/C12H20BrNO2S2/c1-6-14-11(12(3,4)18(5,15)16)10-9(13)7-8(2)17-10/h7,11,14H,6H2,1-5H3. The minimum Gasteiger partial charge on any atom is -0.308 e. The highest BCUT2D eigenvalue weighted by molar-refractivity contribution is 9.10. The molecule has 1 aromatic rings. The average molecular weight is 354 g/mol. The number of hydrogen-bond donors (Lipinski definition) is 1. The molecule has 1 unspecified atom stereocenters. The van der Waals surface area contributed by atoms with Crippen LogP contribution in [-0.2, 0) is 9.84 Å². The first-order valence-corrected chi connectivity index (χ1v) is 9.30. The lowest BCUT2D eigenvalue weighted by atomic mass is 10.0. The Kier molecular flexibility index (Phi) is 5.03. The zero-order valence-corrected chi connectivity index (χ0v) is 14.6. The van der Waals surface area contributed by atoms with Gasteiger partial charge in [0.25, 0.3) is 0 Å². The molecule has 0 aliphatic carbocycles. The molecule has 0 radical (unpaired) electrons. The Balaban J connectivity index is 3.31. The van der Waals surface area contributed by atoms with E-state index in [4.69, 9.17) is 0 Å². The lowest BCUT2D eigenvalue weighted by Crippen LogP contribution is -2.44. The van der Waals surface area contributed by atoms with Gasteiger partial charge in [0.15, 0.2) is 9.84 Å². The molecule has 0 aliphatic heterocycles. The van der Waals surface area contributed by atoms with Gasteiger partial charge in [-0.05, 0) is 49.3 Å². The minimum atomic E-state index is -3.16. The maximum absolute atomic E-state index is 12.0. The van der Waals surface area contributed by atoms with E-state index in [2.05, 4.69) is 21.2 Å². The van der Waals surface area contributed by atoms with Gasteiger partial charge in [0, 0.05) is 20.5 Å². The fourth-order valence-electron chi connectivity index (χ4n) is 1.77. The van der Waals surface area contributed by atoms with E-state index in [0.717, 1.165) is 15.9 Å². The van der Waals surface area contributed by atoms with Crippen LogP contribution in [0.15, 0.2) is 10.5 Å². The van der Waals surface area contributed by atoms with Crippen molar-refractivity contribution in [1.29, 1.82) is 0 Å². The normalized spacial score (nSPS) is 14.8. The Morgan fingerprint density at radius 2 is 2.06 bits per heavy atom. The smallest absolute Gasteiger partial charge is 0.154 e. The molecule has 0 amide bonds. The quantitative estimate of drug-likeness (QED) is 0.883. The van der Waals surface area contributed by atoms with Crippen LogP contribution in [0, 0.1) is 6.92 Å². The van der Waals surface area contributed by atoms with E-state index in [1.807, 2.05) is 19.9 Å². The fraction of sp³-hybridized carbons (Fsp3) is 0.667. The molecule has 0 saturated heterocycles. The first-order valence-electron chi connectivity index (χ1n) is 5.80. The van der Waals surface area contributed by atoms with Crippen molar-refractivity contribution in [2.24, 2.45) is 0 Å². The number of hydrogen-bond acceptors (Lipinski definition) is 4. The van der Waals surface area contributed by atoms with Crippen molar-refractivity contribution in [1.82, 2.24) is 5.32 Å². The molecular formula is C12H20BrNO2S2. The van der Waals surface area contributed by atoms with Crippen molar-refractivity contribution in [3.8, 4) is 0 Å². The second kappa shape index (κ2) is 5.61. The minimum absolute atomic E-state index is 0.203. The van der Waals surface area contributed by atoms with E-state index in [0.29, 0.717) is 0 Å². The van der Waals surface area contributed by atoms with E-state index in [-0.39, 0.29) is 6.04 Å². The molecule has 1 aromatic heterocycles. The monoisotopic (exact) mass is 353 g/mol. The molecule has 1 rings (SSSR count). The molecule has 0 fully saturated rings. The Morgan fingerprint density at radius 1 is 1.50 bits per heavy atom. The molecule has 1 N–H and O–H groups in total. The van der Waals surface area contributed by atoms with Gasteiger partial charge in [0.05, 0.1) is 10.8 Å². The van der Waals surface area contributed by atoms with E-state index >= 15 is 0 Å². The summed E-state index contributed by atoms with van der Waals surface area (Å²) in [4.78, 5) is 2.22. The van der Waals surface area contributed by atoms with Crippen molar-refractivity contribution >= 4 is 37.1 Å². The van der Waals surface area contributed by atoms with Crippen molar-refractivity contribution in [3.63, 3.8) is 0 Å². The van der Waals surface area contributed by atoms with Crippen LogP contribution in [0.2, 0.25) is 0 Å². The summed E-state index contributed by atoms with van der Waals surface area (Å²) in [6, 6.07) is 1.83. The Morgan fingerprint density at radius 3 is 2.39 bits per heavy atom. The van der Waals surface area contributed by atoms with Gasteiger partial charge in [-0.15, -0.1) is 11.3 Å². The van der Waals surface area contributed by atoms with Crippen LogP contribution in [0.1, 0.15) is 36.6 Å². The second-order valence-corrected chi connectivity index (χ2v) is 9.67. The third kappa shape index (κ3) is 3.15. The molecular weight excluding hydrogens is 334 g/mol. The molecule has 0 aliphatic rings. The highest BCUT2D eigenvalue weighted by atomic mass is 79.9. The number of thiophene rings is 1. The highest BCUT2D eigenvalue weighted by Gasteiger charge is 2.41. The summed E-state index contributed by atoms with van der Waals surface area (Å²) in [6.07, 6.45) is 1.30. The fourth-order valence-corrected chi connectivity index (χ4v) is 4.62. The summed E-state index contributed by atoms with van der Waals surface area (Å²) in [5.74, 6) is 0. The van der Waals surface area contributed by atoms with Gasteiger partial charge < -0.3 is 5.32 Å². The van der Waals surface area contributed by atoms with E-state index < -0.39 is 14.6 Å². The molecule has 104 valence electrons. The first kappa shape index (κ1) is 16.1. The topological polar surface area (TPSA) is 46.2 Å². The molecule has 1 heterocycles. The third-order valence-corrected chi connectivity index (χ3v) is 7.34. The van der Waals surface area contributed by atoms with E-state index in [1.165, 1.54) is 11.1 Å². The molecule has 0 saturated carbocycles. The molecule has 6 heteroatoms. The van der Waals surface area contributed by atoms with E-state index in [1.54, 1.807) is 25.2 Å². The van der Waals surface area contributed by atoms with Gasteiger partial charge >= 0.3 is 0 Å². The maximum atomic E-state index is 12.0. The number of nitrogens with one attached hydrogen (secondary N) is 1. The Bertz CT molecular complexity index is 520. The highest BCUT2D eigenvalue weighted by Crippen LogP contribution is 2.40. The Labute approximate surface area is 122 Å². The first-order chi connectivity index (χ1) is 8.11. The molecule has 18 heavy (non-hydrogen) atoms. The van der Waals surface area contributed by atoms with Crippen LogP contribution in [0.5, 0.6) is 0 Å². The zero-order chi connectivity index (χ0) is 14.1. The summed E-state index contributed by atoms with van der Waals surface area (Å²) >= 11 is 5.15.